The largest absolute Gasteiger partial charge is 0.487 e. The van der Waals surface area contributed by atoms with Crippen molar-refractivity contribution in [2.75, 3.05) is 0 Å². The van der Waals surface area contributed by atoms with E-state index in [2.05, 4.69) is 63.5 Å². The molecule has 1 aromatic rings. The molecule has 0 fully saturated rings. The standard InChI is InChI=1S/C25H39BrO2/c1-16(11-12-22(27)24(6,7)26)10-9-14-25(8)15-13-21-19(4)17(2)18(3)20(5)23(21)28-25/h10,22,27H,9,11-15H2,1-8H3/b16-10+/t22?,25-/m0/s1. The first-order chi connectivity index (χ1) is 12.9. The molecule has 0 spiro atoms. The van der Waals surface area contributed by atoms with Gasteiger partial charge in [0, 0.05) is 4.32 Å². The third kappa shape index (κ3) is 5.42. The molecule has 1 N–H and O–H groups in total. The molecule has 158 valence electrons. The summed E-state index contributed by atoms with van der Waals surface area (Å²) in [5.41, 5.74) is 8.16. The summed E-state index contributed by atoms with van der Waals surface area (Å²) in [7, 11) is 0. The van der Waals surface area contributed by atoms with Crippen LogP contribution < -0.4 is 4.74 Å². The number of alkyl halides is 1. The van der Waals surface area contributed by atoms with E-state index in [4.69, 9.17) is 4.74 Å². The molecule has 0 saturated carbocycles. The molecule has 0 saturated heterocycles. The Hall–Kier alpha value is -0.800. The van der Waals surface area contributed by atoms with Gasteiger partial charge >= 0.3 is 0 Å². The van der Waals surface area contributed by atoms with Gasteiger partial charge in [0.05, 0.1) is 6.10 Å². The number of hydrogen-bond donors (Lipinski definition) is 1. The number of benzene rings is 1. The van der Waals surface area contributed by atoms with Gasteiger partial charge in [-0.2, -0.15) is 0 Å². The lowest BCUT2D eigenvalue weighted by molar-refractivity contribution is 0.0559. The maximum absolute atomic E-state index is 10.2. The van der Waals surface area contributed by atoms with Crippen LogP contribution in [0.3, 0.4) is 0 Å². The van der Waals surface area contributed by atoms with Crippen LogP contribution >= 0.6 is 15.9 Å². The van der Waals surface area contributed by atoms with Gasteiger partial charge in [0.15, 0.2) is 0 Å². The van der Waals surface area contributed by atoms with E-state index in [1.165, 1.54) is 33.4 Å². The maximum atomic E-state index is 10.2. The molecule has 1 aliphatic rings. The summed E-state index contributed by atoms with van der Waals surface area (Å²) in [6.07, 6.45) is 7.96. The number of allylic oxidation sites excluding steroid dienone is 2. The Morgan fingerprint density at radius 3 is 2.39 bits per heavy atom. The zero-order valence-electron chi connectivity index (χ0n) is 19.1. The molecule has 0 aliphatic carbocycles. The van der Waals surface area contributed by atoms with Crippen molar-refractivity contribution < 1.29 is 9.84 Å². The van der Waals surface area contributed by atoms with Crippen LogP contribution in [-0.2, 0) is 6.42 Å². The quantitative estimate of drug-likeness (QED) is 0.356. The molecule has 0 bridgehead atoms. The molecule has 2 rings (SSSR count). The molecule has 2 atom stereocenters. The van der Waals surface area contributed by atoms with Crippen LogP contribution in [0, 0.1) is 27.7 Å². The first-order valence-electron chi connectivity index (χ1n) is 10.7. The highest BCUT2D eigenvalue weighted by Gasteiger charge is 2.33. The lowest BCUT2D eigenvalue weighted by Crippen LogP contribution is -2.37. The molecular formula is C25H39BrO2. The Balaban J connectivity index is 1.99. The first-order valence-corrected chi connectivity index (χ1v) is 11.5. The monoisotopic (exact) mass is 450 g/mol. The van der Waals surface area contributed by atoms with Crippen molar-refractivity contribution in [1.82, 2.24) is 0 Å². The number of aliphatic hydroxyl groups is 1. The van der Waals surface area contributed by atoms with E-state index in [1.54, 1.807) is 0 Å². The van der Waals surface area contributed by atoms with Crippen molar-refractivity contribution in [1.29, 1.82) is 0 Å². The number of fused-ring (bicyclic) bond motifs is 1. The maximum Gasteiger partial charge on any atom is 0.126 e. The Morgan fingerprint density at radius 2 is 1.79 bits per heavy atom. The van der Waals surface area contributed by atoms with Gasteiger partial charge in [-0.1, -0.05) is 27.6 Å². The summed E-state index contributed by atoms with van der Waals surface area (Å²) < 4.78 is 6.39. The number of aliphatic hydroxyl groups excluding tert-OH is 1. The average molecular weight is 451 g/mol. The van der Waals surface area contributed by atoms with Gasteiger partial charge in [-0.05, 0) is 122 Å². The zero-order chi connectivity index (χ0) is 21.3. The van der Waals surface area contributed by atoms with Gasteiger partial charge in [-0.3, -0.25) is 0 Å². The summed E-state index contributed by atoms with van der Waals surface area (Å²) in [5, 5.41) is 10.2. The van der Waals surface area contributed by atoms with Crippen molar-refractivity contribution in [3.63, 3.8) is 0 Å². The van der Waals surface area contributed by atoms with E-state index in [-0.39, 0.29) is 16.0 Å². The van der Waals surface area contributed by atoms with E-state index in [0.717, 1.165) is 44.3 Å². The predicted molar refractivity (Wildman–Crippen MR) is 124 cm³/mol. The third-order valence-corrected chi connectivity index (χ3v) is 7.31. The highest BCUT2D eigenvalue weighted by molar-refractivity contribution is 9.10. The van der Waals surface area contributed by atoms with E-state index >= 15 is 0 Å². The molecule has 1 unspecified atom stereocenters. The second-order valence-corrected chi connectivity index (χ2v) is 11.6. The summed E-state index contributed by atoms with van der Waals surface area (Å²) in [5.74, 6) is 1.14. The van der Waals surface area contributed by atoms with Crippen LogP contribution in [0.2, 0.25) is 0 Å². The van der Waals surface area contributed by atoms with E-state index in [9.17, 15) is 5.11 Å². The minimum absolute atomic E-state index is 0.0972. The normalized spacial score (nSPS) is 21.3. The van der Waals surface area contributed by atoms with Crippen LogP contribution in [0.25, 0.3) is 0 Å². The zero-order valence-corrected chi connectivity index (χ0v) is 20.7. The summed E-state index contributed by atoms with van der Waals surface area (Å²) in [6.45, 7) is 17.3. The molecule has 3 heteroatoms. The topological polar surface area (TPSA) is 29.5 Å². The highest BCUT2D eigenvalue weighted by atomic mass is 79.9. The van der Waals surface area contributed by atoms with Crippen LogP contribution in [0.15, 0.2) is 11.6 Å². The Labute approximate surface area is 180 Å². The first kappa shape index (κ1) is 23.5. The Morgan fingerprint density at radius 1 is 1.18 bits per heavy atom. The summed E-state index contributed by atoms with van der Waals surface area (Å²) in [6, 6.07) is 0. The number of ether oxygens (including phenoxy) is 1. The van der Waals surface area contributed by atoms with E-state index < -0.39 is 0 Å². The minimum atomic E-state index is -0.329. The van der Waals surface area contributed by atoms with Crippen molar-refractivity contribution in [2.45, 2.75) is 110 Å². The van der Waals surface area contributed by atoms with Crippen LogP contribution in [0.4, 0.5) is 0 Å². The fourth-order valence-electron chi connectivity index (χ4n) is 4.09. The minimum Gasteiger partial charge on any atom is -0.487 e. The molecular weight excluding hydrogens is 412 g/mol. The summed E-state index contributed by atoms with van der Waals surface area (Å²) in [4.78, 5) is 0. The molecule has 1 aromatic carbocycles. The van der Waals surface area contributed by atoms with Crippen LogP contribution in [-0.4, -0.2) is 21.1 Å². The van der Waals surface area contributed by atoms with Gasteiger partial charge in [0.25, 0.3) is 0 Å². The molecule has 1 heterocycles. The van der Waals surface area contributed by atoms with Crippen molar-refractivity contribution >= 4 is 15.9 Å². The van der Waals surface area contributed by atoms with Crippen molar-refractivity contribution in [2.24, 2.45) is 0 Å². The predicted octanol–water partition coefficient (Wildman–Crippen LogP) is 7.05. The molecule has 2 nitrogen and oxygen atoms in total. The van der Waals surface area contributed by atoms with Gasteiger partial charge in [-0.25, -0.2) is 0 Å². The van der Waals surface area contributed by atoms with Gasteiger partial charge < -0.3 is 9.84 Å². The number of halogens is 1. The van der Waals surface area contributed by atoms with Gasteiger partial charge in [0.2, 0.25) is 0 Å². The Bertz CT molecular complexity index is 742. The smallest absolute Gasteiger partial charge is 0.126 e. The lowest BCUT2D eigenvalue weighted by atomic mass is 9.83. The third-order valence-electron chi connectivity index (χ3n) is 6.78. The van der Waals surface area contributed by atoms with E-state index in [1.807, 2.05) is 13.8 Å². The number of rotatable bonds is 7. The highest BCUT2D eigenvalue weighted by Crippen LogP contribution is 2.42. The number of hydrogen-bond acceptors (Lipinski definition) is 2. The fraction of sp³-hybridized carbons (Fsp3) is 0.680. The molecule has 28 heavy (non-hydrogen) atoms. The SMILES string of the molecule is C/C(=C\CC[C@@]1(C)CCc2c(C)c(C)c(C)c(C)c2O1)CCC(O)C(C)(C)Br. The fourth-order valence-corrected chi connectivity index (χ4v) is 4.32. The Kier molecular flexibility index (Phi) is 7.48. The summed E-state index contributed by atoms with van der Waals surface area (Å²) >= 11 is 3.55. The van der Waals surface area contributed by atoms with Crippen molar-refractivity contribution in [3.8, 4) is 5.75 Å². The van der Waals surface area contributed by atoms with Gasteiger partial charge in [-0.15, -0.1) is 0 Å². The second-order valence-electron chi connectivity index (χ2n) is 9.57. The van der Waals surface area contributed by atoms with Gasteiger partial charge in [0.1, 0.15) is 11.4 Å². The molecule has 0 aromatic heterocycles. The lowest BCUT2D eigenvalue weighted by Gasteiger charge is -2.38. The van der Waals surface area contributed by atoms with Crippen molar-refractivity contribution in [3.05, 3.63) is 39.5 Å². The average Bonchev–Trinajstić information content (AvgIpc) is 2.61. The second kappa shape index (κ2) is 8.92. The van der Waals surface area contributed by atoms with E-state index in [0.29, 0.717) is 0 Å². The molecule has 0 amide bonds. The van der Waals surface area contributed by atoms with Crippen LogP contribution in [0.1, 0.15) is 87.6 Å². The molecule has 0 radical (unpaired) electrons. The molecule has 1 aliphatic heterocycles. The van der Waals surface area contributed by atoms with Crippen LogP contribution in [0.5, 0.6) is 5.75 Å².